The lowest BCUT2D eigenvalue weighted by Gasteiger charge is -2.18. The highest BCUT2D eigenvalue weighted by atomic mass is 32.1. The number of carbonyl (C=O) groups is 2. The average Bonchev–Trinajstić information content (AvgIpc) is 2.83. The number of nitrogens with zero attached hydrogens (tertiary/aromatic N) is 1. The van der Waals surface area contributed by atoms with Crippen molar-refractivity contribution in [2.24, 2.45) is 0 Å². The molecule has 0 spiro atoms. The van der Waals surface area contributed by atoms with Crippen LogP contribution in [0.2, 0.25) is 0 Å². The van der Waals surface area contributed by atoms with E-state index >= 15 is 0 Å². The molecule has 0 aromatic carbocycles. The van der Waals surface area contributed by atoms with Crippen molar-refractivity contribution in [3.63, 3.8) is 0 Å². The Kier molecular flexibility index (Phi) is 6.69. The van der Waals surface area contributed by atoms with Crippen LogP contribution in [0.3, 0.4) is 0 Å². The number of hydrogen-bond donors (Lipinski definition) is 2. The van der Waals surface area contributed by atoms with E-state index in [0.717, 1.165) is 32.4 Å². The van der Waals surface area contributed by atoms with Crippen molar-refractivity contribution in [1.82, 2.24) is 15.5 Å². The number of carbonyl (C=O) groups excluding carboxylic acids is 2. The molecule has 0 bridgehead atoms. The van der Waals surface area contributed by atoms with E-state index in [0.29, 0.717) is 13.1 Å². The maximum atomic E-state index is 11.8. The minimum atomic E-state index is -0.397. The molecular formula is C15H23N3O2S. The van der Waals surface area contributed by atoms with Crippen LogP contribution in [-0.4, -0.2) is 43.0 Å². The van der Waals surface area contributed by atoms with Crippen LogP contribution in [0.15, 0.2) is 17.5 Å². The number of nitrogens with one attached hydrogen (secondary N) is 2. The zero-order valence-corrected chi connectivity index (χ0v) is 13.1. The Hall–Kier alpha value is -1.40. The highest BCUT2D eigenvalue weighted by molar-refractivity contribution is 7.09. The standard InChI is InChI=1S/C15H23N3O2S/c19-14(12-18-9-3-1-2-4-10-18)17-15(20)16-8-7-13-6-5-11-21-13/h5-6,11H,1-4,7-10,12H2,(H2,16,17,19,20). The van der Waals surface area contributed by atoms with Gasteiger partial charge >= 0.3 is 6.03 Å². The van der Waals surface area contributed by atoms with Gasteiger partial charge in [-0.2, -0.15) is 0 Å². The summed E-state index contributed by atoms with van der Waals surface area (Å²) in [6, 6.07) is 3.63. The Morgan fingerprint density at radius 3 is 2.62 bits per heavy atom. The monoisotopic (exact) mass is 309 g/mol. The quantitative estimate of drug-likeness (QED) is 0.874. The van der Waals surface area contributed by atoms with Gasteiger partial charge in [-0.25, -0.2) is 4.79 Å². The SMILES string of the molecule is O=C(CN1CCCCCC1)NC(=O)NCCc1cccs1. The Labute approximate surface area is 129 Å². The molecule has 1 fully saturated rings. The molecule has 0 saturated carbocycles. The van der Waals surface area contributed by atoms with Crippen molar-refractivity contribution >= 4 is 23.3 Å². The zero-order valence-electron chi connectivity index (χ0n) is 12.3. The number of likely N-dealkylation sites (tertiary alicyclic amines) is 1. The van der Waals surface area contributed by atoms with Gasteiger partial charge in [-0.3, -0.25) is 15.0 Å². The van der Waals surface area contributed by atoms with E-state index in [-0.39, 0.29) is 5.91 Å². The third kappa shape index (κ3) is 6.27. The molecule has 3 amide bonds. The van der Waals surface area contributed by atoms with Crippen LogP contribution in [0, 0.1) is 0 Å². The van der Waals surface area contributed by atoms with E-state index in [1.54, 1.807) is 11.3 Å². The van der Waals surface area contributed by atoms with Gasteiger partial charge in [0, 0.05) is 11.4 Å². The Morgan fingerprint density at radius 2 is 1.95 bits per heavy atom. The van der Waals surface area contributed by atoms with E-state index in [1.807, 2.05) is 17.5 Å². The topological polar surface area (TPSA) is 61.4 Å². The molecule has 0 atom stereocenters. The predicted molar refractivity (Wildman–Crippen MR) is 84.5 cm³/mol. The largest absolute Gasteiger partial charge is 0.337 e. The van der Waals surface area contributed by atoms with Crippen LogP contribution in [-0.2, 0) is 11.2 Å². The molecule has 1 aliphatic rings. The summed E-state index contributed by atoms with van der Waals surface area (Å²) in [6.45, 7) is 2.77. The molecule has 1 aromatic rings. The van der Waals surface area contributed by atoms with Crippen molar-refractivity contribution in [1.29, 1.82) is 0 Å². The summed E-state index contributed by atoms with van der Waals surface area (Å²) in [7, 11) is 0. The van der Waals surface area contributed by atoms with Gasteiger partial charge in [0.2, 0.25) is 5.91 Å². The van der Waals surface area contributed by atoms with Gasteiger partial charge in [0.15, 0.2) is 0 Å². The second-order valence-corrected chi connectivity index (χ2v) is 6.36. The predicted octanol–water partition coefficient (Wildman–Crippen LogP) is 1.99. The highest BCUT2D eigenvalue weighted by Gasteiger charge is 2.14. The van der Waals surface area contributed by atoms with Gasteiger partial charge in [0.25, 0.3) is 0 Å². The number of rotatable bonds is 5. The van der Waals surface area contributed by atoms with Crippen LogP contribution in [0.25, 0.3) is 0 Å². The summed E-state index contributed by atoms with van der Waals surface area (Å²) < 4.78 is 0. The van der Waals surface area contributed by atoms with Crippen LogP contribution < -0.4 is 10.6 Å². The lowest BCUT2D eigenvalue weighted by Crippen LogP contribution is -2.45. The Morgan fingerprint density at radius 1 is 1.19 bits per heavy atom. The van der Waals surface area contributed by atoms with Gasteiger partial charge in [-0.1, -0.05) is 18.9 Å². The zero-order chi connectivity index (χ0) is 14.9. The molecule has 1 aliphatic heterocycles. The number of urea groups is 1. The lowest BCUT2D eigenvalue weighted by molar-refractivity contribution is -0.121. The fourth-order valence-corrected chi connectivity index (χ4v) is 3.17. The van der Waals surface area contributed by atoms with Crippen LogP contribution in [0.4, 0.5) is 4.79 Å². The van der Waals surface area contributed by atoms with Crippen LogP contribution in [0.5, 0.6) is 0 Å². The van der Waals surface area contributed by atoms with E-state index in [9.17, 15) is 9.59 Å². The molecule has 2 rings (SSSR count). The van der Waals surface area contributed by atoms with Gasteiger partial charge < -0.3 is 5.32 Å². The molecule has 0 aliphatic carbocycles. The fourth-order valence-electron chi connectivity index (χ4n) is 2.46. The van der Waals surface area contributed by atoms with Gasteiger partial charge in [-0.05, 0) is 43.8 Å². The molecule has 6 heteroatoms. The first-order valence-electron chi connectivity index (χ1n) is 7.56. The van der Waals surface area contributed by atoms with E-state index in [1.165, 1.54) is 17.7 Å². The third-order valence-corrected chi connectivity index (χ3v) is 4.49. The summed E-state index contributed by atoms with van der Waals surface area (Å²) in [4.78, 5) is 26.8. The third-order valence-electron chi connectivity index (χ3n) is 3.56. The minimum Gasteiger partial charge on any atom is -0.337 e. The first-order chi connectivity index (χ1) is 10.2. The molecule has 1 saturated heterocycles. The van der Waals surface area contributed by atoms with Gasteiger partial charge in [-0.15, -0.1) is 11.3 Å². The molecule has 116 valence electrons. The first kappa shape index (κ1) is 16.0. The first-order valence-corrected chi connectivity index (χ1v) is 8.44. The van der Waals surface area contributed by atoms with Crippen molar-refractivity contribution < 1.29 is 9.59 Å². The summed E-state index contributed by atoms with van der Waals surface area (Å²) in [5.74, 6) is -0.217. The lowest BCUT2D eigenvalue weighted by atomic mass is 10.2. The number of amides is 3. The summed E-state index contributed by atoms with van der Waals surface area (Å²) in [5, 5.41) is 7.13. The van der Waals surface area contributed by atoms with Crippen LogP contribution >= 0.6 is 11.3 Å². The smallest absolute Gasteiger partial charge is 0.321 e. The minimum absolute atomic E-state index is 0.217. The molecule has 0 radical (unpaired) electrons. The number of imide groups is 1. The van der Waals surface area contributed by atoms with E-state index in [2.05, 4.69) is 15.5 Å². The van der Waals surface area contributed by atoms with Crippen molar-refractivity contribution in [3.8, 4) is 0 Å². The summed E-state index contributed by atoms with van der Waals surface area (Å²) >= 11 is 1.67. The van der Waals surface area contributed by atoms with Crippen LogP contribution in [0.1, 0.15) is 30.6 Å². The normalized spacial score (nSPS) is 16.2. The highest BCUT2D eigenvalue weighted by Crippen LogP contribution is 2.09. The van der Waals surface area contributed by atoms with Crippen molar-refractivity contribution in [2.45, 2.75) is 32.1 Å². The molecule has 2 heterocycles. The maximum Gasteiger partial charge on any atom is 0.321 e. The van der Waals surface area contributed by atoms with Crippen molar-refractivity contribution in [2.75, 3.05) is 26.2 Å². The molecular weight excluding hydrogens is 286 g/mol. The second-order valence-electron chi connectivity index (χ2n) is 5.32. The summed E-state index contributed by atoms with van der Waals surface area (Å²) in [6.07, 6.45) is 5.55. The molecule has 1 aromatic heterocycles. The average molecular weight is 309 g/mol. The second kappa shape index (κ2) is 8.79. The molecule has 0 unspecified atom stereocenters. The van der Waals surface area contributed by atoms with Gasteiger partial charge in [0.1, 0.15) is 0 Å². The Balaban J connectivity index is 1.61. The number of hydrogen-bond acceptors (Lipinski definition) is 4. The molecule has 21 heavy (non-hydrogen) atoms. The van der Waals surface area contributed by atoms with Gasteiger partial charge in [0.05, 0.1) is 6.54 Å². The van der Waals surface area contributed by atoms with E-state index < -0.39 is 6.03 Å². The molecule has 2 N–H and O–H groups in total. The molecule has 5 nitrogen and oxygen atoms in total. The summed E-state index contributed by atoms with van der Waals surface area (Å²) in [5.41, 5.74) is 0. The number of thiophene rings is 1. The fraction of sp³-hybridized carbons (Fsp3) is 0.600. The Bertz CT molecular complexity index is 440. The van der Waals surface area contributed by atoms with E-state index in [4.69, 9.17) is 0 Å². The van der Waals surface area contributed by atoms with Crippen molar-refractivity contribution in [3.05, 3.63) is 22.4 Å². The maximum absolute atomic E-state index is 11.8.